The van der Waals surface area contributed by atoms with E-state index in [1.807, 2.05) is 30.0 Å². The summed E-state index contributed by atoms with van der Waals surface area (Å²) in [7, 11) is 0. The number of benzene rings is 1. The van der Waals surface area contributed by atoms with Gasteiger partial charge in [0.2, 0.25) is 0 Å². The van der Waals surface area contributed by atoms with E-state index in [0.29, 0.717) is 10.8 Å². The van der Waals surface area contributed by atoms with Crippen molar-refractivity contribution in [2.75, 3.05) is 18.1 Å². The van der Waals surface area contributed by atoms with Crippen LogP contribution in [0, 0.1) is 0 Å². The van der Waals surface area contributed by atoms with Gasteiger partial charge in [-0.3, -0.25) is 0 Å². The summed E-state index contributed by atoms with van der Waals surface area (Å²) in [5.41, 5.74) is 0.747. The summed E-state index contributed by atoms with van der Waals surface area (Å²) < 4.78 is 12.2. The molecule has 3 nitrogen and oxygen atoms in total. The average molecular weight is 329 g/mol. The molecule has 2 aliphatic heterocycles. The zero-order valence-corrected chi connectivity index (χ0v) is 13.6. The lowest BCUT2D eigenvalue weighted by Crippen LogP contribution is -2.46. The van der Waals surface area contributed by atoms with Gasteiger partial charge < -0.3 is 14.6 Å². The van der Waals surface area contributed by atoms with Crippen LogP contribution in [-0.2, 0) is 11.3 Å². The molecule has 1 aromatic rings. The van der Waals surface area contributed by atoms with Crippen LogP contribution in [0.1, 0.15) is 31.2 Å². The number of thioether (sulfide) groups is 1. The molecule has 3 rings (SSSR count). The van der Waals surface area contributed by atoms with Gasteiger partial charge in [0, 0.05) is 18.4 Å². The van der Waals surface area contributed by atoms with Crippen molar-refractivity contribution in [3.8, 4) is 5.75 Å². The molecule has 2 heterocycles. The highest BCUT2D eigenvalue weighted by Gasteiger charge is 2.39. The number of rotatable bonds is 3. The van der Waals surface area contributed by atoms with Gasteiger partial charge in [0.25, 0.3) is 0 Å². The molecule has 116 valence electrons. The van der Waals surface area contributed by atoms with E-state index in [1.54, 1.807) is 0 Å². The maximum atomic E-state index is 9.45. The first kappa shape index (κ1) is 15.5. The maximum absolute atomic E-state index is 9.45. The first-order valence-corrected chi connectivity index (χ1v) is 9.02. The van der Waals surface area contributed by atoms with Gasteiger partial charge in [-0.15, -0.1) is 0 Å². The van der Waals surface area contributed by atoms with Crippen molar-refractivity contribution in [2.24, 2.45) is 0 Å². The highest BCUT2D eigenvalue weighted by Crippen LogP contribution is 2.40. The molecule has 0 aliphatic carbocycles. The zero-order chi connectivity index (χ0) is 14.7. The summed E-state index contributed by atoms with van der Waals surface area (Å²) in [5, 5.41) is 10.0. The summed E-state index contributed by atoms with van der Waals surface area (Å²) in [5.74, 6) is 2.97. The fourth-order valence-electron chi connectivity index (χ4n) is 3.15. The van der Waals surface area contributed by atoms with E-state index in [4.69, 9.17) is 21.1 Å². The lowest BCUT2D eigenvalue weighted by Gasteiger charge is -2.43. The minimum Gasteiger partial charge on any atom is -0.488 e. The Hall–Kier alpha value is -0.420. The summed E-state index contributed by atoms with van der Waals surface area (Å²) in [4.78, 5) is 0. The summed E-state index contributed by atoms with van der Waals surface area (Å²) in [6, 6.07) is 5.50. The molecule has 0 aromatic heterocycles. The smallest absolute Gasteiger partial charge is 0.143 e. The molecule has 0 radical (unpaired) electrons. The Labute approximate surface area is 135 Å². The Kier molecular flexibility index (Phi) is 4.99. The van der Waals surface area contributed by atoms with Gasteiger partial charge in [-0.05, 0) is 30.4 Å². The molecule has 2 fully saturated rings. The predicted octanol–water partition coefficient (Wildman–Crippen LogP) is 3.66. The molecular formula is C16H21ClO3S. The normalized spacial score (nSPS) is 25.0. The van der Waals surface area contributed by atoms with Gasteiger partial charge in [0.05, 0.1) is 23.8 Å². The average Bonchev–Trinajstić information content (AvgIpc) is 2.50. The van der Waals surface area contributed by atoms with Gasteiger partial charge in [-0.25, -0.2) is 0 Å². The predicted molar refractivity (Wildman–Crippen MR) is 86.3 cm³/mol. The van der Waals surface area contributed by atoms with Crippen LogP contribution in [0.5, 0.6) is 5.75 Å². The number of aliphatic hydroxyl groups excluding tert-OH is 1. The first-order chi connectivity index (χ1) is 10.2. The van der Waals surface area contributed by atoms with Crippen molar-refractivity contribution in [1.82, 2.24) is 0 Å². The Morgan fingerprint density at radius 3 is 2.95 bits per heavy atom. The van der Waals surface area contributed by atoms with Crippen LogP contribution in [0.15, 0.2) is 18.2 Å². The van der Waals surface area contributed by atoms with Crippen molar-refractivity contribution >= 4 is 23.4 Å². The lowest BCUT2D eigenvalue weighted by molar-refractivity contribution is -0.116. The van der Waals surface area contributed by atoms with Crippen LogP contribution in [0.25, 0.3) is 0 Å². The van der Waals surface area contributed by atoms with Crippen LogP contribution < -0.4 is 4.74 Å². The standard InChI is InChI=1S/C16H21ClO3S/c17-14-3-1-2-12(11-18)15(14)20-13-4-7-19-16(10-13)5-8-21-9-6-16/h1-3,13,18H,4-11H2. The van der Waals surface area contributed by atoms with Crippen LogP contribution in [0.3, 0.4) is 0 Å². The molecule has 1 atom stereocenters. The lowest BCUT2D eigenvalue weighted by atomic mass is 9.86. The van der Waals surface area contributed by atoms with Crippen molar-refractivity contribution in [3.05, 3.63) is 28.8 Å². The van der Waals surface area contributed by atoms with Crippen LogP contribution in [-0.4, -0.2) is 34.9 Å². The Morgan fingerprint density at radius 1 is 1.38 bits per heavy atom. The van der Waals surface area contributed by atoms with Gasteiger partial charge in [0.15, 0.2) is 0 Å². The molecule has 1 spiro atoms. The largest absolute Gasteiger partial charge is 0.488 e. The van der Waals surface area contributed by atoms with Crippen molar-refractivity contribution in [3.63, 3.8) is 0 Å². The number of para-hydroxylation sites is 1. The van der Waals surface area contributed by atoms with Crippen LogP contribution in [0.2, 0.25) is 5.02 Å². The quantitative estimate of drug-likeness (QED) is 0.919. The van der Waals surface area contributed by atoms with Gasteiger partial charge in [-0.1, -0.05) is 23.7 Å². The van der Waals surface area contributed by atoms with E-state index in [9.17, 15) is 5.11 Å². The molecule has 2 saturated heterocycles. The highest BCUT2D eigenvalue weighted by atomic mass is 35.5. The fourth-order valence-corrected chi connectivity index (χ4v) is 4.63. The zero-order valence-electron chi connectivity index (χ0n) is 12.0. The molecule has 1 unspecified atom stereocenters. The van der Waals surface area contributed by atoms with Crippen molar-refractivity contribution in [1.29, 1.82) is 0 Å². The third kappa shape index (κ3) is 3.50. The number of aliphatic hydroxyl groups is 1. The minimum atomic E-state index is -0.0547. The maximum Gasteiger partial charge on any atom is 0.143 e. The topological polar surface area (TPSA) is 38.7 Å². The second kappa shape index (κ2) is 6.78. The monoisotopic (exact) mass is 328 g/mol. The molecule has 5 heteroatoms. The molecule has 21 heavy (non-hydrogen) atoms. The van der Waals surface area contributed by atoms with Crippen molar-refractivity contribution < 1.29 is 14.6 Å². The summed E-state index contributed by atoms with van der Waals surface area (Å²) in [6.07, 6.45) is 4.13. The second-order valence-electron chi connectivity index (χ2n) is 5.76. The summed E-state index contributed by atoms with van der Waals surface area (Å²) >= 11 is 8.24. The van der Waals surface area contributed by atoms with E-state index < -0.39 is 0 Å². The van der Waals surface area contributed by atoms with E-state index in [2.05, 4.69) is 0 Å². The molecule has 1 N–H and O–H groups in total. The molecule has 0 amide bonds. The van der Waals surface area contributed by atoms with E-state index in [1.165, 1.54) is 11.5 Å². The van der Waals surface area contributed by atoms with Crippen molar-refractivity contribution in [2.45, 2.75) is 44.0 Å². The Balaban J connectivity index is 1.73. The molecule has 2 aliphatic rings. The fraction of sp³-hybridized carbons (Fsp3) is 0.625. The number of halogens is 1. The Morgan fingerprint density at radius 2 is 2.19 bits per heavy atom. The first-order valence-electron chi connectivity index (χ1n) is 7.49. The Bertz CT molecular complexity index is 483. The summed E-state index contributed by atoms with van der Waals surface area (Å²) in [6.45, 7) is 0.690. The number of hydrogen-bond acceptors (Lipinski definition) is 4. The van der Waals surface area contributed by atoms with Gasteiger partial charge in [-0.2, -0.15) is 11.8 Å². The third-order valence-corrected chi connectivity index (χ3v) is 5.64. The van der Waals surface area contributed by atoms with E-state index >= 15 is 0 Å². The van der Waals surface area contributed by atoms with E-state index in [0.717, 1.165) is 37.9 Å². The minimum absolute atomic E-state index is 0.00516. The van der Waals surface area contributed by atoms with Gasteiger partial charge in [0.1, 0.15) is 11.9 Å². The van der Waals surface area contributed by atoms with Crippen LogP contribution in [0.4, 0.5) is 0 Å². The molecule has 0 saturated carbocycles. The molecular weight excluding hydrogens is 308 g/mol. The van der Waals surface area contributed by atoms with E-state index in [-0.39, 0.29) is 18.3 Å². The SMILES string of the molecule is OCc1cccc(Cl)c1OC1CCOC2(CCSCC2)C1. The molecule has 0 bridgehead atoms. The van der Waals surface area contributed by atoms with Gasteiger partial charge >= 0.3 is 0 Å². The second-order valence-corrected chi connectivity index (χ2v) is 7.39. The number of hydrogen-bond donors (Lipinski definition) is 1. The van der Waals surface area contributed by atoms with Crippen LogP contribution >= 0.6 is 23.4 Å². The third-order valence-electron chi connectivity index (χ3n) is 4.36. The number of ether oxygens (including phenoxy) is 2. The highest BCUT2D eigenvalue weighted by molar-refractivity contribution is 7.99. The molecule has 1 aromatic carbocycles.